The average Bonchev–Trinajstić information content (AvgIpc) is 2.14. The van der Waals surface area contributed by atoms with E-state index < -0.39 is 6.10 Å². The van der Waals surface area contributed by atoms with E-state index >= 15 is 0 Å². The standard InChI is InChI=1S/C4H10O2.C3H8O3/c5-3-1-2-4-6;4-1-3(6)2-5/h5-6H,1-4H2;3-6H,1-2H2. The van der Waals surface area contributed by atoms with Crippen molar-refractivity contribution in [2.75, 3.05) is 26.4 Å². The molecule has 0 unspecified atom stereocenters. The fourth-order valence-corrected chi connectivity index (χ4v) is 0.281. The zero-order valence-electron chi connectivity index (χ0n) is 7.06. The lowest BCUT2D eigenvalue weighted by molar-refractivity contribution is 0.0450. The van der Waals surface area contributed by atoms with E-state index in [1.54, 1.807) is 0 Å². The molecule has 0 atom stereocenters. The van der Waals surface area contributed by atoms with Crippen LogP contribution in [0.4, 0.5) is 0 Å². The molecule has 0 fully saturated rings. The van der Waals surface area contributed by atoms with Crippen LogP contribution in [0.2, 0.25) is 0 Å². The molecule has 76 valence electrons. The van der Waals surface area contributed by atoms with E-state index in [-0.39, 0.29) is 26.4 Å². The predicted molar refractivity (Wildman–Crippen MR) is 43.6 cm³/mol. The largest absolute Gasteiger partial charge is 0.396 e. The van der Waals surface area contributed by atoms with Crippen molar-refractivity contribution < 1.29 is 25.5 Å². The number of unbranched alkanes of at least 4 members (excludes halogenated alkanes) is 1. The van der Waals surface area contributed by atoms with Crippen molar-refractivity contribution in [3.8, 4) is 0 Å². The number of hydrogen-bond donors (Lipinski definition) is 5. The maximum atomic E-state index is 8.17. The summed E-state index contributed by atoms with van der Waals surface area (Å²) in [6, 6.07) is 0. The van der Waals surface area contributed by atoms with E-state index in [4.69, 9.17) is 25.5 Å². The molecule has 0 aliphatic carbocycles. The van der Waals surface area contributed by atoms with Gasteiger partial charge in [0.1, 0.15) is 6.10 Å². The smallest absolute Gasteiger partial charge is 0.100 e. The fraction of sp³-hybridized carbons (Fsp3) is 1.00. The molecule has 0 saturated heterocycles. The molecule has 0 aromatic heterocycles. The van der Waals surface area contributed by atoms with Gasteiger partial charge in [0, 0.05) is 13.2 Å². The van der Waals surface area contributed by atoms with Crippen LogP contribution in [0.1, 0.15) is 12.8 Å². The molecule has 0 aliphatic heterocycles. The Balaban J connectivity index is 0. The second kappa shape index (κ2) is 13.4. The zero-order valence-corrected chi connectivity index (χ0v) is 7.06. The van der Waals surface area contributed by atoms with Gasteiger partial charge in [0.25, 0.3) is 0 Å². The van der Waals surface area contributed by atoms with Gasteiger partial charge < -0.3 is 25.5 Å². The summed E-state index contributed by atoms with van der Waals surface area (Å²) in [5.41, 5.74) is 0. The first-order chi connectivity index (χ1) is 5.72. The average molecular weight is 182 g/mol. The third kappa shape index (κ3) is 16.4. The Kier molecular flexibility index (Phi) is 16.0. The highest BCUT2D eigenvalue weighted by Crippen LogP contribution is 1.80. The van der Waals surface area contributed by atoms with Gasteiger partial charge in [0.15, 0.2) is 0 Å². The minimum Gasteiger partial charge on any atom is -0.396 e. The minimum atomic E-state index is -0.954. The molecule has 0 spiro atoms. The highest BCUT2D eigenvalue weighted by Gasteiger charge is 1.93. The molecule has 12 heavy (non-hydrogen) atoms. The highest BCUT2D eigenvalue weighted by atomic mass is 16.3. The molecule has 0 aromatic carbocycles. The summed E-state index contributed by atoms with van der Waals surface area (Å²) < 4.78 is 0. The number of hydrogen-bond acceptors (Lipinski definition) is 5. The van der Waals surface area contributed by atoms with Gasteiger partial charge in [-0.3, -0.25) is 0 Å². The lowest BCUT2D eigenvalue weighted by Gasteiger charge is -1.96. The van der Waals surface area contributed by atoms with Crippen LogP contribution >= 0.6 is 0 Å². The van der Waals surface area contributed by atoms with Crippen LogP contribution in [-0.2, 0) is 0 Å². The second-order valence-corrected chi connectivity index (χ2v) is 2.17. The van der Waals surface area contributed by atoms with Crippen molar-refractivity contribution >= 4 is 0 Å². The molecule has 0 aromatic rings. The lowest BCUT2D eigenvalue weighted by Crippen LogP contribution is -2.15. The molecule has 0 aliphatic rings. The third-order valence-electron chi connectivity index (χ3n) is 0.988. The van der Waals surface area contributed by atoms with E-state index in [9.17, 15) is 0 Å². The predicted octanol–water partition coefficient (Wildman–Crippen LogP) is -1.92. The SMILES string of the molecule is OCC(O)CO.OCCCCO. The Labute approximate surface area is 71.9 Å². The van der Waals surface area contributed by atoms with Gasteiger partial charge in [0.2, 0.25) is 0 Å². The number of rotatable bonds is 5. The van der Waals surface area contributed by atoms with Gasteiger partial charge >= 0.3 is 0 Å². The van der Waals surface area contributed by atoms with Gasteiger partial charge in [-0.1, -0.05) is 0 Å². The molecule has 0 heterocycles. The Morgan fingerprint density at radius 1 is 0.750 bits per heavy atom. The van der Waals surface area contributed by atoms with Crippen molar-refractivity contribution in [2.24, 2.45) is 0 Å². The molecule has 0 radical (unpaired) electrons. The Morgan fingerprint density at radius 2 is 1.08 bits per heavy atom. The lowest BCUT2D eigenvalue weighted by atomic mass is 10.3. The molecule has 5 heteroatoms. The summed E-state index contributed by atoms with van der Waals surface area (Å²) in [5.74, 6) is 0. The molecule has 0 bridgehead atoms. The van der Waals surface area contributed by atoms with Crippen LogP contribution in [-0.4, -0.2) is 58.1 Å². The van der Waals surface area contributed by atoms with E-state index in [0.717, 1.165) is 12.8 Å². The number of aliphatic hydroxyl groups is 5. The van der Waals surface area contributed by atoms with Crippen LogP contribution in [0.5, 0.6) is 0 Å². The van der Waals surface area contributed by atoms with Crippen molar-refractivity contribution in [3.05, 3.63) is 0 Å². The first-order valence-corrected chi connectivity index (χ1v) is 3.84. The monoisotopic (exact) mass is 182 g/mol. The first-order valence-electron chi connectivity index (χ1n) is 3.84. The topological polar surface area (TPSA) is 101 Å². The maximum absolute atomic E-state index is 8.17. The summed E-state index contributed by atoms with van der Waals surface area (Å²) in [7, 11) is 0. The first kappa shape index (κ1) is 14.3. The number of aliphatic hydroxyl groups excluding tert-OH is 5. The van der Waals surface area contributed by atoms with Crippen LogP contribution in [0.3, 0.4) is 0 Å². The van der Waals surface area contributed by atoms with E-state index in [1.165, 1.54) is 0 Å². The Morgan fingerprint density at radius 3 is 1.17 bits per heavy atom. The van der Waals surface area contributed by atoms with Crippen molar-refractivity contribution in [2.45, 2.75) is 18.9 Å². The highest BCUT2D eigenvalue weighted by molar-refractivity contribution is 4.44. The summed E-state index contributed by atoms with van der Waals surface area (Å²) in [5, 5.41) is 40.2. The van der Waals surface area contributed by atoms with Gasteiger partial charge in [-0.15, -0.1) is 0 Å². The second-order valence-electron chi connectivity index (χ2n) is 2.17. The van der Waals surface area contributed by atoms with Crippen molar-refractivity contribution in [3.63, 3.8) is 0 Å². The molecular weight excluding hydrogens is 164 g/mol. The Bertz CT molecular complexity index is 60.8. The molecule has 5 N–H and O–H groups in total. The van der Waals surface area contributed by atoms with Crippen molar-refractivity contribution in [1.82, 2.24) is 0 Å². The van der Waals surface area contributed by atoms with Crippen LogP contribution < -0.4 is 0 Å². The Hall–Kier alpha value is -0.200. The van der Waals surface area contributed by atoms with Gasteiger partial charge in [-0.05, 0) is 12.8 Å². The quantitative estimate of drug-likeness (QED) is 0.319. The summed E-state index contributed by atoms with van der Waals surface area (Å²) in [4.78, 5) is 0. The van der Waals surface area contributed by atoms with Crippen LogP contribution in [0, 0.1) is 0 Å². The fourth-order valence-electron chi connectivity index (χ4n) is 0.281. The summed E-state index contributed by atoms with van der Waals surface area (Å²) in [6.45, 7) is -0.339. The van der Waals surface area contributed by atoms with Gasteiger partial charge in [0.05, 0.1) is 13.2 Å². The molecular formula is C7H18O5. The minimum absolute atomic E-state index is 0.195. The summed E-state index contributed by atoms with van der Waals surface area (Å²) >= 11 is 0. The van der Waals surface area contributed by atoms with Crippen LogP contribution in [0.25, 0.3) is 0 Å². The van der Waals surface area contributed by atoms with Gasteiger partial charge in [-0.25, -0.2) is 0 Å². The van der Waals surface area contributed by atoms with E-state index in [2.05, 4.69) is 0 Å². The van der Waals surface area contributed by atoms with E-state index in [0.29, 0.717) is 0 Å². The van der Waals surface area contributed by atoms with Crippen molar-refractivity contribution in [1.29, 1.82) is 0 Å². The molecule has 0 saturated carbocycles. The van der Waals surface area contributed by atoms with E-state index in [1.807, 2.05) is 0 Å². The molecule has 5 nitrogen and oxygen atoms in total. The molecule has 0 amide bonds. The zero-order chi connectivity index (χ0) is 9.82. The van der Waals surface area contributed by atoms with Crippen LogP contribution in [0.15, 0.2) is 0 Å². The normalized spacial score (nSPS) is 9.50. The van der Waals surface area contributed by atoms with Gasteiger partial charge in [-0.2, -0.15) is 0 Å². The maximum Gasteiger partial charge on any atom is 0.100 e. The third-order valence-corrected chi connectivity index (χ3v) is 0.988. The summed E-state index contributed by atoms with van der Waals surface area (Å²) in [6.07, 6.45) is 0.484. The molecule has 0 rings (SSSR count).